The molecule has 3 aromatic rings. The molecule has 0 aliphatic heterocycles. The highest BCUT2D eigenvalue weighted by molar-refractivity contribution is 6.07. The van der Waals surface area contributed by atoms with Crippen LogP contribution in [-0.4, -0.2) is 10.9 Å². The van der Waals surface area contributed by atoms with Gasteiger partial charge in [-0.2, -0.15) is 0 Å². The van der Waals surface area contributed by atoms with Crippen LogP contribution in [0, 0.1) is 6.92 Å². The molecule has 0 bridgehead atoms. The average Bonchev–Trinajstić information content (AvgIpc) is 2.94. The molecular formula is C20H20N2O. The molecule has 0 atom stereocenters. The van der Waals surface area contributed by atoms with Gasteiger partial charge in [0.2, 0.25) is 0 Å². The van der Waals surface area contributed by atoms with Crippen molar-refractivity contribution in [3.63, 3.8) is 0 Å². The number of H-pyrrole nitrogens is 1. The second kappa shape index (κ2) is 5.58. The Hall–Kier alpha value is -2.55. The molecule has 2 N–H and O–H groups in total. The number of aromatic nitrogens is 1. The summed E-state index contributed by atoms with van der Waals surface area (Å²) in [4.78, 5) is 16.1. The number of carbonyl (C=O) groups is 1. The van der Waals surface area contributed by atoms with Crippen molar-refractivity contribution in [3.8, 4) is 0 Å². The van der Waals surface area contributed by atoms with E-state index in [0.29, 0.717) is 5.56 Å². The lowest BCUT2D eigenvalue weighted by Gasteiger charge is -2.11. The molecule has 116 valence electrons. The number of hydrogen-bond donors (Lipinski definition) is 2. The number of amides is 1. The molecule has 0 radical (unpaired) electrons. The first-order valence-corrected chi connectivity index (χ1v) is 8.23. The zero-order chi connectivity index (χ0) is 15.8. The van der Waals surface area contributed by atoms with E-state index in [4.69, 9.17) is 0 Å². The van der Waals surface area contributed by atoms with Gasteiger partial charge in [-0.15, -0.1) is 0 Å². The molecule has 0 unspecified atom stereocenters. The summed E-state index contributed by atoms with van der Waals surface area (Å²) in [5.74, 6) is -0.0491. The van der Waals surface area contributed by atoms with Crippen molar-refractivity contribution in [1.82, 2.24) is 4.98 Å². The molecule has 1 aromatic heterocycles. The SMILES string of the molecule is Cc1ccccc1NC(=O)c1ccc2[nH]c3c(c2c1)CCCC3. The first kappa shape index (κ1) is 14.1. The molecule has 1 aliphatic rings. The molecule has 2 aromatic carbocycles. The Morgan fingerprint density at radius 1 is 1.09 bits per heavy atom. The van der Waals surface area contributed by atoms with Crippen molar-refractivity contribution in [1.29, 1.82) is 0 Å². The summed E-state index contributed by atoms with van der Waals surface area (Å²) in [6.45, 7) is 2.00. The van der Waals surface area contributed by atoms with E-state index in [0.717, 1.165) is 29.6 Å². The van der Waals surface area contributed by atoms with Gasteiger partial charge in [-0.25, -0.2) is 0 Å². The summed E-state index contributed by atoms with van der Waals surface area (Å²) in [5.41, 5.74) is 6.55. The van der Waals surface area contributed by atoms with Gasteiger partial charge in [0.15, 0.2) is 0 Å². The predicted octanol–water partition coefficient (Wildman–Crippen LogP) is 4.61. The van der Waals surface area contributed by atoms with Crippen molar-refractivity contribution in [2.75, 3.05) is 5.32 Å². The maximum Gasteiger partial charge on any atom is 0.255 e. The van der Waals surface area contributed by atoms with Gasteiger partial charge in [0, 0.05) is 27.8 Å². The highest BCUT2D eigenvalue weighted by Gasteiger charge is 2.17. The maximum absolute atomic E-state index is 12.6. The highest BCUT2D eigenvalue weighted by Crippen LogP contribution is 2.30. The van der Waals surface area contributed by atoms with E-state index in [1.165, 1.54) is 29.5 Å². The van der Waals surface area contributed by atoms with Crippen LogP contribution in [0.15, 0.2) is 42.5 Å². The lowest BCUT2D eigenvalue weighted by molar-refractivity contribution is 0.102. The fourth-order valence-corrected chi connectivity index (χ4v) is 3.45. The Morgan fingerprint density at radius 3 is 2.78 bits per heavy atom. The van der Waals surface area contributed by atoms with Crippen molar-refractivity contribution in [2.45, 2.75) is 32.6 Å². The third kappa shape index (κ3) is 2.52. The van der Waals surface area contributed by atoms with E-state index in [-0.39, 0.29) is 5.91 Å². The van der Waals surface area contributed by atoms with Crippen LogP contribution >= 0.6 is 0 Å². The molecular weight excluding hydrogens is 284 g/mol. The summed E-state index contributed by atoms with van der Waals surface area (Å²) in [6, 6.07) is 13.8. The monoisotopic (exact) mass is 304 g/mol. The standard InChI is InChI=1S/C20H20N2O/c1-13-6-2-4-8-17(13)22-20(23)14-10-11-19-16(12-14)15-7-3-5-9-18(15)21-19/h2,4,6,8,10-12,21H,3,5,7,9H2,1H3,(H,22,23). The van der Waals surface area contributed by atoms with E-state index >= 15 is 0 Å². The van der Waals surface area contributed by atoms with Gasteiger partial charge >= 0.3 is 0 Å². The van der Waals surface area contributed by atoms with Crippen molar-refractivity contribution in [2.24, 2.45) is 0 Å². The van der Waals surface area contributed by atoms with E-state index in [1.54, 1.807) is 0 Å². The number of benzene rings is 2. The van der Waals surface area contributed by atoms with Crippen LogP contribution in [0.3, 0.4) is 0 Å². The van der Waals surface area contributed by atoms with Crippen molar-refractivity contribution < 1.29 is 4.79 Å². The quantitative estimate of drug-likeness (QED) is 0.713. The Kier molecular flexibility index (Phi) is 3.41. The van der Waals surface area contributed by atoms with Crippen molar-refractivity contribution >= 4 is 22.5 Å². The minimum atomic E-state index is -0.0491. The predicted molar refractivity (Wildman–Crippen MR) is 94.1 cm³/mol. The number of aryl methyl sites for hydroxylation is 3. The highest BCUT2D eigenvalue weighted by atomic mass is 16.1. The van der Waals surface area contributed by atoms with Gasteiger partial charge in [-0.05, 0) is 68.0 Å². The number of hydrogen-bond acceptors (Lipinski definition) is 1. The Balaban J connectivity index is 1.68. The fraction of sp³-hybridized carbons (Fsp3) is 0.250. The fourth-order valence-electron chi connectivity index (χ4n) is 3.45. The van der Waals surface area contributed by atoms with Crippen LogP contribution < -0.4 is 5.32 Å². The molecule has 1 aliphatic carbocycles. The number of anilines is 1. The third-order valence-electron chi connectivity index (χ3n) is 4.75. The molecule has 4 rings (SSSR count). The third-order valence-corrected chi connectivity index (χ3v) is 4.75. The lowest BCUT2D eigenvalue weighted by Crippen LogP contribution is -2.12. The van der Waals surface area contributed by atoms with E-state index in [2.05, 4.69) is 10.3 Å². The summed E-state index contributed by atoms with van der Waals surface area (Å²) in [5, 5.41) is 4.22. The largest absolute Gasteiger partial charge is 0.358 e. The zero-order valence-corrected chi connectivity index (χ0v) is 13.3. The summed E-state index contributed by atoms with van der Waals surface area (Å²) >= 11 is 0. The molecule has 0 saturated carbocycles. The normalized spacial score (nSPS) is 13.8. The summed E-state index contributed by atoms with van der Waals surface area (Å²) in [7, 11) is 0. The number of nitrogens with one attached hydrogen (secondary N) is 2. The molecule has 3 heteroatoms. The molecule has 0 fully saturated rings. The van der Waals surface area contributed by atoms with E-state index in [1.807, 2.05) is 49.4 Å². The molecule has 0 spiro atoms. The average molecular weight is 304 g/mol. The first-order chi connectivity index (χ1) is 11.2. The van der Waals surface area contributed by atoms with E-state index < -0.39 is 0 Å². The molecule has 1 amide bonds. The number of carbonyl (C=O) groups excluding carboxylic acids is 1. The van der Waals surface area contributed by atoms with Gasteiger partial charge in [0.25, 0.3) is 5.91 Å². The molecule has 23 heavy (non-hydrogen) atoms. The van der Waals surface area contributed by atoms with Gasteiger partial charge in [0.05, 0.1) is 0 Å². The van der Waals surface area contributed by atoms with Gasteiger partial charge < -0.3 is 10.3 Å². The number of aromatic amines is 1. The first-order valence-electron chi connectivity index (χ1n) is 8.23. The molecule has 1 heterocycles. The van der Waals surface area contributed by atoms with Crippen LogP contribution in [0.2, 0.25) is 0 Å². The van der Waals surface area contributed by atoms with Crippen LogP contribution in [0.4, 0.5) is 5.69 Å². The summed E-state index contributed by atoms with van der Waals surface area (Å²) in [6.07, 6.45) is 4.72. The number of para-hydroxylation sites is 1. The van der Waals surface area contributed by atoms with Gasteiger partial charge in [-0.1, -0.05) is 18.2 Å². The van der Waals surface area contributed by atoms with Crippen LogP contribution in [-0.2, 0) is 12.8 Å². The zero-order valence-electron chi connectivity index (χ0n) is 13.3. The maximum atomic E-state index is 12.6. The molecule has 3 nitrogen and oxygen atoms in total. The Bertz CT molecular complexity index is 892. The van der Waals surface area contributed by atoms with Gasteiger partial charge in [0.1, 0.15) is 0 Å². The van der Waals surface area contributed by atoms with Crippen LogP contribution in [0.25, 0.3) is 10.9 Å². The minimum Gasteiger partial charge on any atom is -0.358 e. The Morgan fingerprint density at radius 2 is 1.91 bits per heavy atom. The second-order valence-electron chi connectivity index (χ2n) is 6.32. The molecule has 0 saturated heterocycles. The van der Waals surface area contributed by atoms with Gasteiger partial charge in [-0.3, -0.25) is 4.79 Å². The number of fused-ring (bicyclic) bond motifs is 3. The van der Waals surface area contributed by atoms with E-state index in [9.17, 15) is 4.79 Å². The van der Waals surface area contributed by atoms with Crippen molar-refractivity contribution in [3.05, 3.63) is 64.8 Å². The Labute approximate surface area is 135 Å². The minimum absolute atomic E-state index is 0.0491. The smallest absolute Gasteiger partial charge is 0.255 e. The second-order valence-corrected chi connectivity index (χ2v) is 6.32. The topological polar surface area (TPSA) is 44.9 Å². The van der Waals surface area contributed by atoms with Crippen LogP contribution in [0.5, 0.6) is 0 Å². The summed E-state index contributed by atoms with van der Waals surface area (Å²) < 4.78 is 0. The number of rotatable bonds is 2. The lowest BCUT2D eigenvalue weighted by atomic mass is 9.95. The van der Waals surface area contributed by atoms with Crippen LogP contribution in [0.1, 0.15) is 40.0 Å².